The van der Waals surface area contributed by atoms with Crippen molar-refractivity contribution in [3.63, 3.8) is 0 Å². The Balaban J connectivity index is 1.85. The Morgan fingerprint density at radius 1 is 1.13 bits per heavy atom. The molecule has 1 aliphatic heterocycles. The number of aliphatic hydroxyl groups excluding tert-OH is 1. The maximum absolute atomic E-state index is 11.9. The van der Waals surface area contributed by atoms with E-state index in [1.165, 1.54) is 28.4 Å². The number of nitro groups is 1. The van der Waals surface area contributed by atoms with Crippen molar-refractivity contribution < 1.29 is 38.5 Å². The first-order chi connectivity index (χ1) is 18.3. The van der Waals surface area contributed by atoms with E-state index in [1.807, 2.05) is 13.0 Å². The Labute approximate surface area is 221 Å². The summed E-state index contributed by atoms with van der Waals surface area (Å²) in [6.07, 6.45) is -1.55. The van der Waals surface area contributed by atoms with Gasteiger partial charge in [-0.3, -0.25) is 10.1 Å². The average Bonchev–Trinajstić information content (AvgIpc) is 2.95. The molecule has 0 fully saturated rings. The highest BCUT2D eigenvalue weighted by atomic mass is 16.6. The summed E-state index contributed by atoms with van der Waals surface area (Å²) in [7, 11) is 5.83. The second-order valence-electron chi connectivity index (χ2n) is 8.97. The molecule has 2 aromatic carbocycles. The van der Waals surface area contributed by atoms with Gasteiger partial charge in [-0.2, -0.15) is 5.26 Å². The number of hydrogen-bond acceptors (Lipinski definition) is 10. The lowest BCUT2D eigenvalue weighted by Gasteiger charge is -2.31. The van der Waals surface area contributed by atoms with E-state index in [-0.39, 0.29) is 31.6 Å². The van der Waals surface area contributed by atoms with Gasteiger partial charge in [0.15, 0.2) is 23.0 Å². The van der Waals surface area contributed by atoms with Crippen molar-refractivity contribution in [2.24, 2.45) is 0 Å². The zero-order chi connectivity index (χ0) is 27.9. The number of aliphatic hydroxyl groups is 1. The van der Waals surface area contributed by atoms with E-state index in [1.54, 1.807) is 24.3 Å². The molecular formula is C27H34N2O9. The third-order valence-corrected chi connectivity index (χ3v) is 6.98. The van der Waals surface area contributed by atoms with Crippen LogP contribution in [0.2, 0.25) is 0 Å². The van der Waals surface area contributed by atoms with Crippen LogP contribution < -0.4 is 28.4 Å². The van der Waals surface area contributed by atoms with Crippen LogP contribution in [0.3, 0.4) is 0 Å². The van der Waals surface area contributed by atoms with E-state index in [0.717, 1.165) is 0 Å². The molecule has 0 aromatic heterocycles. The van der Waals surface area contributed by atoms with Gasteiger partial charge in [-0.1, -0.05) is 19.1 Å². The molecule has 38 heavy (non-hydrogen) atoms. The quantitative estimate of drug-likeness (QED) is 0.299. The van der Waals surface area contributed by atoms with Crippen molar-refractivity contribution in [3.8, 4) is 40.6 Å². The molecular weight excluding hydrogens is 496 g/mol. The molecule has 206 valence electrons. The van der Waals surface area contributed by atoms with Gasteiger partial charge in [-0.05, 0) is 37.5 Å². The Morgan fingerprint density at radius 3 is 2.34 bits per heavy atom. The smallest absolute Gasteiger partial charge is 0.242 e. The molecule has 0 bridgehead atoms. The predicted molar refractivity (Wildman–Crippen MR) is 137 cm³/mol. The van der Waals surface area contributed by atoms with Crippen molar-refractivity contribution in [3.05, 3.63) is 46.0 Å². The van der Waals surface area contributed by atoms with Crippen LogP contribution in [-0.4, -0.2) is 63.3 Å². The predicted octanol–water partition coefficient (Wildman–Crippen LogP) is 3.91. The lowest BCUT2D eigenvalue weighted by atomic mass is 9.74. The van der Waals surface area contributed by atoms with Crippen LogP contribution in [0.4, 0.5) is 0 Å². The van der Waals surface area contributed by atoms with Gasteiger partial charge >= 0.3 is 0 Å². The van der Waals surface area contributed by atoms with Crippen molar-refractivity contribution in [1.82, 2.24) is 0 Å². The lowest BCUT2D eigenvalue weighted by Crippen LogP contribution is -2.42. The standard InChI is InChI=1S/C27H34N2O9/c1-6-27(16-28,18-14-23(33-2)25(35-4)26(36-5)24(18)34-3)12-11-20(30)19(29(31)32)13-17-15-37-21-9-7-8-10-22(21)38-17/h7-10,14,17,19-20,30H,6,11-13,15H2,1-5H3. The molecule has 0 saturated carbocycles. The molecule has 4 unspecified atom stereocenters. The molecule has 3 rings (SSSR count). The summed E-state index contributed by atoms with van der Waals surface area (Å²) in [5.41, 5.74) is -0.686. The number of methoxy groups -OCH3 is 4. The van der Waals surface area contributed by atoms with E-state index in [9.17, 15) is 20.5 Å². The fourth-order valence-electron chi connectivity index (χ4n) is 4.80. The van der Waals surface area contributed by atoms with Crippen LogP contribution in [0.15, 0.2) is 30.3 Å². The summed E-state index contributed by atoms with van der Waals surface area (Å²) in [6.45, 7) is 1.96. The molecule has 0 radical (unpaired) electrons. The summed E-state index contributed by atoms with van der Waals surface area (Å²) in [4.78, 5) is 11.4. The van der Waals surface area contributed by atoms with Crippen molar-refractivity contribution in [1.29, 1.82) is 5.26 Å². The molecule has 0 amide bonds. The highest BCUT2D eigenvalue weighted by molar-refractivity contribution is 5.65. The largest absolute Gasteiger partial charge is 0.493 e. The van der Waals surface area contributed by atoms with Crippen LogP contribution in [0, 0.1) is 21.4 Å². The van der Waals surface area contributed by atoms with Crippen LogP contribution >= 0.6 is 0 Å². The number of para-hydroxylation sites is 2. The molecule has 4 atom stereocenters. The monoisotopic (exact) mass is 530 g/mol. The number of hydrogen-bond donors (Lipinski definition) is 1. The van der Waals surface area contributed by atoms with Gasteiger partial charge in [0.1, 0.15) is 18.8 Å². The van der Waals surface area contributed by atoms with Gasteiger partial charge in [0, 0.05) is 10.5 Å². The maximum Gasteiger partial charge on any atom is 0.242 e. The molecule has 1 N–H and O–H groups in total. The molecule has 11 nitrogen and oxygen atoms in total. The minimum atomic E-state index is -1.34. The SMILES string of the molecule is CCC(C#N)(CCC(O)C(CC1COc2ccccc2O1)[N+](=O)[O-])c1cc(OC)c(OC)c(OC)c1OC. The average molecular weight is 531 g/mol. The van der Waals surface area contributed by atoms with Crippen molar-refractivity contribution >= 4 is 0 Å². The van der Waals surface area contributed by atoms with Crippen LogP contribution in [0.1, 0.15) is 38.2 Å². The Kier molecular flexibility index (Phi) is 9.47. The van der Waals surface area contributed by atoms with Crippen LogP contribution in [0.25, 0.3) is 0 Å². The summed E-state index contributed by atoms with van der Waals surface area (Å²) in [5.74, 6) is 2.28. The minimum Gasteiger partial charge on any atom is -0.493 e. The fraction of sp³-hybridized carbons (Fsp3) is 0.519. The number of nitrogens with zero attached hydrogens (tertiary/aromatic N) is 2. The van der Waals surface area contributed by atoms with Gasteiger partial charge in [-0.25, -0.2) is 0 Å². The molecule has 1 aliphatic rings. The second kappa shape index (κ2) is 12.6. The van der Waals surface area contributed by atoms with E-state index in [4.69, 9.17) is 28.4 Å². The number of fused-ring (bicyclic) bond motifs is 1. The highest BCUT2D eigenvalue weighted by Crippen LogP contribution is 2.51. The first-order valence-electron chi connectivity index (χ1n) is 12.3. The lowest BCUT2D eigenvalue weighted by molar-refractivity contribution is -0.537. The van der Waals surface area contributed by atoms with Gasteiger partial charge in [0.25, 0.3) is 0 Å². The number of rotatable bonds is 13. The van der Waals surface area contributed by atoms with Gasteiger partial charge < -0.3 is 33.5 Å². The summed E-state index contributed by atoms with van der Waals surface area (Å²) in [6, 6.07) is 9.77. The van der Waals surface area contributed by atoms with E-state index in [2.05, 4.69) is 6.07 Å². The van der Waals surface area contributed by atoms with Gasteiger partial charge in [0.2, 0.25) is 17.5 Å². The minimum absolute atomic E-state index is 0.0168. The third kappa shape index (κ3) is 5.65. The number of ether oxygens (including phenoxy) is 6. The fourth-order valence-corrected chi connectivity index (χ4v) is 4.80. The van der Waals surface area contributed by atoms with Gasteiger partial charge in [0.05, 0.1) is 46.3 Å². The summed E-state index contributed by atoms with van der Waals surface area (Å²) >= 11 is 0. The Hall–Kier alpha value is -3.91. The van der Waals surface area contributed by atoms with Crippen LogP contribution in [0.5, 0.6) is 34.5 Å². The summed E-state index contributed by atoms with van der Waals surface area (Å²) in [5, 5.41) is 33.3. The van der Waals surface area contributed by atoms with Crippen molar-refractivity contribution in [2.45, 2.75) is 56.3 Å². The first-order valence-corrected chi connectivity index (χ1v) is 12.3. The molecule has 0 aliphatic carbocycles. The summed E-state index contributed by atoms with van der Waals surface area (Å²) < 4.78 is 33.6. The first kappa shape index (κ1) is 28.7. The van der Waals surface area contributed by atoms with Crippen LogP contribution in [-0.2, 0) is 5.41 Å². The van der Waals surface area contributed by atoms with Gasteiger partial charge in [-0.15, -0.1) is 0 Å². The molecule has 0 spiro atoms. The highest BCUT2D eigenvalue weighted by Gasteiger charge is 2.41. The van der Waals surface area contributed by atoms with E-state index >= 15 is 0 Å². The second-order valence-corrected chi connectivity index (χ2v) is 8.97. The number of nitriles is 1. The Morgan fingerprint density at radius 2 is 1.79 bits per heavy atom. The van der Waals surface area contributed by atoms with E-state index in [0.29, 0.717) is 40.7 Å². The zero-order valence-corrected chi connectivity index (χ0v) is 22.3. The third-order valence-electron chi connectivity index (χ3n) is 6.98. The van der Waals surface area contributed by atoms with E-state index < -0.39 is 28.6 Å². The zero-order valence-electron chi connectivity index (χ0n) is 22.3. The molecule has 11 heteroatoms. The molecule has 0 saturated heterocycles. The molecule has 2 aromatic rings. The topological polar surface area (TPSA) is 143 Å². The normalized spacial score (nSPS) is 17.3. The Bertz CT molecular complexity index is 1170. The molecule has 1 heterocycles. The number of benzene rings is 2. The van der Waals surface area contributed by atoms with Crippen molar-refractivity contribution in [2.75, 3.05) is 35.0 Å². The maximum atomic E-state index is 11.9.